The van der Waals surface area contributed by atoms with Gasteiger partial charge in [-0.3, -0.25) is 4.57 Å². The van der Waals surface area contributed by atoms with Crippen LogP contribution in [0.5, 0.6) is 0 Å². The summed E-state index contributed by atoms with van der Waals surface area (Å²) in [5, 5.41) is 0. The first kappa shape index (κ1) is 55.5. The Hall–Kier alpha value is -0.490. The molecule has 0 saturated carbocycles. The molecule has 0 fully saturated rings. The Morgan fingerprint density at radius 1 is 0.286 bits per heavy atom. The molecule has 0 aliphatic heterocycles. The SMILES string of the molecule is CCOP(=O)(CCOCCOCCOCCOCCOCCOCCOCCOCCOCCOCCOCCOCCOCCOCCOCCN)OCC. The van der Waals surface area contributed by atoms with E-state index in [2.05, 4.69) is 0 Å². The molecule has 0 heterocycles. The molecule has 0 rings (SSSR count). The summed E-state index contributed by atoms with van der Waals surface area (Å²) < 4.78 is 104. The summed E-state index contributed by atoms with van der Waals surface area (Å²) in [6.07, 6.45) is 0.226. The number of nitrogens with two attached hydrogens (primary N) is 1. The summed E-state index contributed by atoms with van der Waals surface area (Å²) in [6, 6.07) is 0. The van der Waals surface area contributed by atoms with Crippen LogP contribution in [0.3, 0.4) is 0 Å². The summed E-state index contributed by atoms with van der Waals surface area (Å²) in [5.74, 6) is 0. The van der Waals surface area contributed by atoms with E-state index in [1.165, 1.54) is 0 Å². The van der Waals surface area contributed by atoms with Crippen molar-refractivity contribution in [3.63, 3.8) is 0 Å². The van der Waals surface area contributed by atoms with E-state index < -0.39 is 7.60 Å². The van der Waals surface area contributed by atoms with Gasteiger partial charge in [-0.15, -0.1) is 0 Å². The average molecular weight is 842 g/mol. The highest BCUT2D eigenvalue weighted by Crippen LogP contribution is 2.47. The highest BCUT2D eigenvalue weighted by atomic mass is 31.2. The Morgan fingerprint density at radius 3 is 0.607 bits per heavy atom. The third kappa shape index (κ3) is 46.2. The molecule has 338 valence electrons. The number of hydrogen-bond acceptors (Lipinski definition) is 19. The van der Waals surface area contributed by atoms with Crippen LogP contribution in [0.2, 0.25) is 0 Å². The Kier molecular flexibility index (Phi) is 48.4. The lowest BCUT2D eigenvalue weighted by molar-refractivity contribution is -0.0299. The Labute approximate surface area is 335 Å². The third-order valence-corrected chi connectivity index (χ3v) is 8.66. The molecule has 0 aliphatic rings. The quantitative estimate of drug-likeness (QED) is 0.0681. The van der Waals surface area contributed by atoms with E-state index >= 15 is 0 Å². The van der Waals surface area contributed by atoms with Gasteiger partial charge in [-0.05, 0) is 13.8 Å². The molecule has 56 heavy (non-hydrogen) atoms. The van der Waals surface area contributed by atoms with Crippen LogP contribution < -0.4 is 5.73 Å². The highest BCUT2D eigenvalue weighted by Gasteiger charge is 2.22. The summed E-state index contributed by atoms with van der Waals surface area (Å²) >= 11 is 0. The molecule has 2 N–H and O–H groups in total. The fraction of sp³-hybridized carbons (Fsp3) is 1.00. The van der Waals surface area contributed by atoms with Gasteiger partial charge < -0.3 is 85.8 Å². The minimum atomic E-state index is -3.06. The van der Waals surface area contributed by atoms with Crippen LogP contribution in [0.4, 0.5) is 0 Å². The summed E-state index contributed by atoms with van der Waals surface area (Å²) in [7, 11) is -3.06. The van der Waals surface area contributed by atoms with Crippen molar-refractivity contribution in [2.24, 2.45) is 5.73 Å². The van der Waals surface area contributed by atoms with Crippen molar-refractivity contribution in [2.45, 2.75) is 13.8 Å². The molecule has 0 aromatic carbocycles. The molecule has 0 aromatic heterocycles. The average Bonchev–Trinajstić information content (AvgIpc) is 3.19. The lowest BCUT2D eigenvalue weighted by atomic mass is 10.6. The van der Waals surface area contributed by atoms with Gasteiger partial charge in [0.15, 0.2) is 0 Å². The molecule has 0 unspecified atom stereocenters. The third-order valence-electron chi connectivity index (χ3n) is 6.63. The lowest BCUT2D eigenvalue weighted by Gasteiger charge is -2.16. The largest absolute Gasteiger partial charge is 0.378 e. The van der Waals surface area contributed by atoms with Crippen molar-refractivity contribution in [2.75, 3.05) is 224 Å². The number of ether oxygens (including phenoxy) is 15. The second-order valence-corrected chi connectivity index (χ2v) is 13.3. The standard InChI is InChI=1S/C36H76NO18P/c1-3-54-56(38,55-4-2)36-35-53-34-33-52-32-31-51-30-29-50-28-27-49-26-25-48-24-23-47-22-21-46-20-19-45-18-17-44-16-15-43-14-13-42-12-11-41-10-9-40-8-7-39-6-5-37/h3-37H2,1-2H3. The van der Waals surface area contributed by atoms with Gasteiger partial charge in [-0.25, -0.2) is 0 Å². The molecule has 0 amide bonds. The second-order valence-electron chi connectivity index (χ2n) is 11.1. The zero-order chi connectivity index (χ0) is 40.6. The Balaban J connectivity index is 3.12. The smallest absolute Gasteiger partial charge is 0.332 e. The molecule has 0 bridgehead atoms. The van der Waals surface area contributed by atoms with Crippen LogP contribution in [0.1, 0.15) is 13.8 Å². The normalized spacial score (nSPS) is 12.0. The first-order valence-electron chi connectivity index (χ1n) is 19.9. The molecule has 20 heteroatoms. The zero-order valence-corrected chi connectivity index (χ0v) is 35.3. The van der Waals surface area contributed by atoms with E-state index in [-0.39, 0.29) is 12.8 Å². The monoisotopic (exact) mass is 841 g/mol. The van der Waals surface area contributed by atoms with Crippen LogP contribution in [0.15, 0.2) is 0 Å². The van der Waals surface area contributed by atoms with Crippen molar-refractivity contribution in [1.82, 2.24) is 0 Å². The molecule has 0 radical (unpaired) electrons. The zero-order valence-electron chi connectivity index (χ0n) is 34.4. The van der Waals surface area contributed by atoms with Crippen molar-refractivity contribution < 1.29 is 84.7 Å². The van der Waals surface area contributed by atoms with Gasteiger partial charge in [-0.2, -0.15) is 0 Å². The molecule has 19 nitrogen and oxygen atoms in total. The first-order valence-corrected chi connectivity index (χ1v) is 21.7. The van der Waals surface area contributed by atoms with Crippen LogP contribution in [-0.2, 0) is 84.7 Å². The highest BCUT2D eigenvalue weighted by molar-refractivity contribution is 7.53. The van der Waals surface area contributed by atoms with Crippen molar-refractivity contribution in [3.05, 3.63) is 0 Å². The van der Waals surface area contributed by atoms with Gasteiger partial charge >= 0.3 is 7.60 Å². The van der Waals surface area contributed by atoms with Crippen LogP contribution in [0, 0.1) is 0 Å². The van der Waals surface area contributed by atoms with E-state index in [1.54, 1.807) is 13.8 Å². The summed E-state index contributed by atoms with van der Waals surface area (Å²) in [6.45, 7) is 19.3. The Morgan fingerprint density at radius 2 is 0.446 bits per heavy atom. The minimum absolute atomic E-state index is 0.226. The van der Waals surface area contributed by atoms with Gasteiger partial charge in [0.05, 0.1) is 218 Å². The van der Waals surface area contributed by atoms with E-state index in [0.29, 0.717) is 211 Å². The van der Waals surface area contributed by atoms with E-state index in [9.17, 15) is 4.57 Å². The van der Waals surface area contributed by atoms with Gasteiger partial charge in [0, 0.05) is 6.54 Å². The van der Waals surface area contributed by atoms with Crippen molar-refractivity contribution in [1.29, 1.82) is 0 Å². The summed E-state index contributed by atoms with van der Waals surface area (Å²) in [4.78, 5) is 0. The fourth-order valence-corrected chi connectivity index (χ4v) is 5.47. The van der Waals surface area contributed by atoms with E-state index in [1.807, 2.05) is 0 Å². The molecule has 0 saturated heterocycles. The lowest BCUT2D eigenvalue weighted by Crippen LogP contribution is -2.16. The van der Waals surface area contributed by atoms with Gasteiger partial charge in [0.1, 0.15) is 0 Å². The maximum Gasteiger partial charge on any atom is 0.332 e. The van der Waals surface area contributed by atoms with Crippen LogP contribution in [-0.4, -0.2) is 224 Å². The van der Waals surface area contributed by atoms with Crippen LogP contribution >= 0.6 is 7.60 Å². The maximum absolute atomic E-state index is 12.3. The topological polar surface area (TPSA) is 200 Å². The van der Waals surface area contributed by atoms with E-state index in [4.69, 9.17) is 85.8 Å². The van der Waals surface area contributed by atoms with Gasteiger partial charge in [-0.1, -0.05) is 0 Å². The first-order chi connectivity index (χ1) is 27.7. The van der Waals surface area contributed by atoms with E-state index in [0.717, 1.165) is 0 Å². The fourth-order valence-electron chi connectivity index (χ4n) is 4.00. The molecule has 0 aromatic rings. The molecule has 0 aliphatic carbocycles. The molecule has 0 atom stereocenters. The van der Waals surface area contributed by atoms with Gasteiger partial charge in [0.2, 0.25) is 0 Å². The predicted molar refractivity (Wildman–Crippen MR) is 207 cm³/mol. The van der Waals surface area contributed by atoms with Crippen LogP contribution in [0.25, 0.3) is 0 Å². The van der Waals surface area contributed by atoms with Crippen molar-refractivity contribution >= 4 is 7.60 Å². The second kappa shape index (κ2) is 48.9. The number of rotatable bonds is 51. The summed E-state index contributed by atoms with van der Waals surface area (Å²) in [5.41, 5.74) is 5.34. The van der Waals surface area contributed by atoms with Gasteiger partial charge in [0.25, 0.3) is 0 Å². The predicted octanol–water partition coefficient (Wildman–Crippen LogP) is 1.46. The molecular weight excluding hydrogens is 765 g/mol. The number of hydrogen-bond donors (Lipinski definition) is 1. The van der Waals surface area contributed by atoms with Crippen molar-refractivity contribution in [3.8, 4) is 0 Å². The molecule has 0 spiro atoms. The maximum atomic E-state index is 12.3. The molecular formula is C36H76NO18P. The Bertz CT molecular complexity index is 772. The minimum Gasteiger partial charge on any atom is -0.378 e.